The first-order valence-electron chi connectivity index (χ1n) is 4.98. The number of ether oxygens (including phenoxy) is 1. The highest BCUT2D eigenvalue weighted by Gasteiger charge is 2.08. The molecule has 3 nitrogen and oxygen atoms in total. The number of anilines is 1. The average Bonchev–Trinajstić information content (AvgIpc) is 2.26. The summed E-state index contributed by atoms with van der Waals surface area (Å²) in [6.45, 7) is 1.96. The molecular weight excluding hydrogens is 224 g/mol. The second-order valence-electron chi connectivity index (χ2n) is 3.57. The van der Waals surface area contributed by atoms with Crippen LogP contribution in [0.25, 0.3) is 10.9 Å². The van der Waals surface area contributed by atoms with Gasteiger partial charge < -0.3 is 10.1 Å². The Labute approximate surface area is 99.4 Å². The third kappa shape index (κ3) is 1.78. The van der Waals surface area contributed by atoms with E-state index in [2.05, 4.69) is 10.3 Å². The normalized spacial score (nSPS) is 10.5. The lowest BCUT2D eigenvalue weighted by Gasteiger charge is -2.10. The Morgan fingerprint density at radius 3 is 2.69 bits per heavy atom. The van der Waals surface area contributed by atoms with Gasteiger partial charge in [0.2, 0.25) is 0 Å². The lowest BCUT2D eigenvalue weighted by Crippen LogP contribution is -1.94. The zero-order valence-electron chi connectivity index (χ0n) is 9.47. The zero-order valence-corrected chi connectivity index (χ0v) is 10.2. The molecule has 1 N–H and O–H groups in total. The van der Waals surface area contributed by atoms with Gasteiger partial charge in [0.15, 0.2) is 0 Å². The van der Waals surface area contributed by atoms with Gasteiger partial charge in [-0.25, -0.2) is 0 Å². The Morgan fingerprint density at radius 1 is 1.31 bits per heavy atom. The largest absolute Gasteiger partial charge is 0.495 e. The van der Waals surface area contributed by atoms with E-state index in [0.29, 0.717) is 10.8 Å². The van der Waals surface area contributed by atoms with Crippen LogP contribution in [0.1, 0.15) is 5.69 Å². The van der Waals surface area contributed by atoms with Crippen molar-refractivity contribution in [2.24, 2.45) is 0 Å². The van der Waals surface area contributed by atoms with Crippen molar-refractivity contribution in [3.05, 3.63) is 28.9 Å². The maximum atomic E-state index is 6.07. The number of aromatic nitrogens is 1. The molecule has 1 aromatic carbocycles. The van der Waals surface area contributed by atoms with Gasteiger partial charge in [0.05, 0.1) is 17.6 Å². The molecule has 0 fully saturated rings. The fraction of sp³-hybridized carbons (Fsp3) is 0.250. The average molecular weight is 237 g/mol. The number of nitrogens with one attached hydrogen (secondary N) is 1. The second kappa shape index (κ2) is 4.18. The molecule has 0 atom stereocenters. The summed E-state index contributed by atoms with van der Waals surface area (Å²) in [4.78, 5) is 4.44. The molecule has 2 rings (SSSR count). The summed E-state index contributed by atoms with van der Waals surface area (Å²) >= 11 is 6.07. The molecule has 16 heavy (non-hydrogen) atoms. The summed E-state index contributed by atoms with van der Waals surface area (Å²) in [5.74, 6) is 0.663. The molecule has 0 spiro atoms. The number of nitrogens with zero attached hydrogens (tertiary/aromatic N) is 1. The van der Waals surface area contributed by atoms with Crippen LogP contribution in [0.2, 0.25) is 5.02 Å². The number of aryl methyl sites for hydroxylation is 1. The predicted molar refractivity (Wildman–Crippen MR) is 67.6 cm³/mol. The van der Waals surface area contributed by atoms with Crippen molar-refractivity contribution in [2.75, 3.05) is 19.5 Å². The van der Waals surface area contributed by atoms with Gasteiger partial charge in [-0.3, -0.25) is 4.98 Å². The minimum Gasteiger partial charge on any atom is -0.495 e. The number of fused-ring (bicyclic) bond motifs is 1. The molecule has 4 heteroatoms. The highest BCUT2D eigenvalue weighted by Crippen LogP contribution is 2.32. The van der Waals surface area contributed by atoms with Gasteiger partial charge in [0.25, 0.3) is 0 Å². The molecule has 0 amide bonds. The van der Waals surface area contributed by atoms with Crippen LogP contribution >= 0.6 is 11.6 Å². The Kier molecular flexibility index (Phi) is 2.88. The lowest BCUT2D eigenvalue weighted by molar-refractivity contribution is 0.415. The van der Waals surface area contributed by atoms with Crippen molar-refractivity contribution >= 4 is 28.2 Å². The van der Waals surface area contributed by atoms with Crippen molar-refractivity contribution in [1.29, 1.82) is 0 Å². The highest BCUT2D eigenvalue weighted by atomic mass is 35.5. The zero-order chi connectivity index (χ0) is 11.7. The van der Waals surface area contributed by atoms with Crippen LogP contribution in [0.3, 0.4) is 0 Å². The van der Waals surface area contributed by atoms with E-state index in [1.165, 1.54) is 0 Å². The van der Waals surface area contributed by atoms with Crippen LogP contribution in [0.15, 0.2) is 18.2 Å². The monoisotopic (exact) mass is 236 g/mol. The number of hydrogen-bond donors (Lipinski definition) is 1. The SMILES string of the molecule is CNc1cc(C)nc2cc(Cl)c(OC)cc12. The molecule has 0 aliphatic carbocycles. The minimum atomic E-state index is 0.579. The summed E-state index contributed by atoms with van der Waals surface area (Å²) in [6, 6.07) is 5.72. The molecule has 0 unspecified atom stereocenters. The van der Waals surface area contributed by atoms with Crippen molar-refractivity contribution in [1.82, 2.24) is 4.98 Å². The molecule has 0 saturated carbocycles. The fourth-order valence-corrected chi connectivity index (χ4v) is 1.96. The maximum Gasteiger partial charge on any atom is 0.138 e. The topological polar surface area (TPSA) is 34.2 Å². The summed E-state index contributed by atoms with van der Waals surface area (Å²) in [5.41, 5.74) is 2.85. The van der Waals surface area contributed by atoms with Crippen molar-refractivity contribution in [3.63, 3.8) is 0 Å². The quantitative estimate of drug-likeness (QED) is 0.869. The fourth-order valence-electron chi connectivity index (χ4n) is 1.72. The third-order valence-electron chi connectivity index (χ3n) is 2.48. The molecule has 1 aromatic heterocycles. The van der Waals surface area contributed by atoms with E-state index >= 15 is 0 Å². The Bertz CT molecular complexity index is 540. The van der Waals surface area contributed by atoms with Gasteiger partial charge in [0, 0.05) is 23.8 Å². The first-order valence-corrected chi connectivity index (χ1v) is 5.36. The summed E-state index contributed by atoms with van der Waals surface area (Å²) in [5, 5.41) is 4.73. The highest BCUT2D eigenvalue weighted by molar-refractivity contribution is 6.32. The standard InChI is InChI=1S/C12H13ClN2O/c1-7-4-10(14-2)8-5-12(16-3)9(13)6-11(8)15-7/h4-6H,1-3H3,(H,14,15). The summed E-state index contributed by atoms with van der Waals surface area (Å²) < 4.78 is 5.20. The van der Waals surface area contributed by atoms with E-state index in [9.17, 15) is 0 Å². The predicted octanol–water partition coefficient (Wildman–Crippen LogP) is 3.25. The van der Waals surface area contributed by atoms with E-state index in [1.54, 1.807) is 7.11 Å². The van der Waals surface area contributed by atoms with Crippen LogP contribution < -0.4 is 10.1 Å². The van der Waals surface area contributed by atoms with Gasteiger partial charge in [-0.15, -0.1) is 0 Å². The van der Waals surface area contributed by atoms with Gasteiger partial charge >= 0.3 is 0 Å². The van der Waals surface area contributed by atoms with E-state index in [-0.39, 0.29) is 0 Å². The summed E-state index contributed by atoms with van der Waals surface area (Å²) in [6.07, 6.45) is 0. The van der Waals surface area contributed by atoms with Crippen molar-refractivity contribution in [3.8, 4) is 5.75 Å². The Balaban J connectivity index is 2.79. The first-order chi connectivity index (χ1) is 7.65. The van der Waals surface area contributed by atoms with Crippen LogP contribution in [0.5, 0.6) is 5.75 Å². The Hall–Kier alpha value is -1.48. The van der Waals surface area contributed by atoms with Crippen molar-refractivity contribution < 1.29 is 4.74 Å². The van der Waals surface area contributed by atoms with Crippen molar-refractivity contribution in [2.45, 2.75) is 6.92 Å². The molecule has 0 bridgehead atoms. The van der Waals surface area contributed by atoms with Gasteiger partial charge in [0.1, 0.15) is 5.75 Å². The smallest absolute Gasteiger partial charge is 0.138 e. The maximum absolute atomic E-state index is 6.07. The number of rotatable bonds is 2. The molecular formula is C12H13ClN2O. The van der Waals surface area contributed by atoms with Crippen LogP contribution in [0.4, 0.5) is 5.69 Å². The van der Waals surface area contributed by atoms with E-state index in [4.69, 9.17) is 16.3 Å². The molecule has 1 heterocycles. The molecule has 84 valence electrons. The number of halogens is 1. The number of methoxy groups -OCH3 is 1. The first kappa shape index (κ1) is 11.0. The molecule has 2 aromatic rings. The van der Waals surface area contributed by atoms with E-state index < -0.39 is 0 Å². The van der Waals surface area contributed by atoms with Crippen LogP contribution in [-0.2, 0) is 0 Å². The molecule has 0 aliphatic rings. The van der Waals surface area contributed by atoms with Gasteiger partial charge in [-0.2, -0.15) is 0 Å². The number of benzene rings is 1. The Morgan fingerprint density at radius 2 is 2.06 bits per heavy atom. The molecule has 0 saturated heterocycles. The van der Waals surface area contributed by atoms with Gasteiger partial charge in [-0.05, 0) is 25.1 Å². The van der Waals surface area contributed by atoms with Gasteiger partial charge in [-0.1, -0.05) is 11.6 Å². The van der Waals surface area contributed by atoms with E-state index in [0.717, 1.165) is 22.3 Å². The number of pyridine rings is 1. The number of hydrogen-bond acceptors (Lipinski definition) is 3. The van der Waals surface area contributed by atoms with E-state index in [1.807, 2.05) is 32.2 Å². The minimum absolute atomic E-state index is 0.579. The lowest BCUT2D eigenvalue weighted by atomic mass is 10.1. The second-order valence-corrected chi connectivity index (χ2v) is 3.97. The van der Waals surface area contributed by atoms with Crippen LogP contribution in [-0.4, -0.2) is 19.1 Å². The third-order valence-corrected chi connectivity index (χ3v) is 2.78. The molecule has 0 aliphatic heterocycles. The summed E-state index contributed by atoms with van der Waals surface area (Å²) in [7, 11) is 3.49. The molecule has 0 radical (unpaired) electrons. The van der Waals surface area contributed by atoms with Crippen LogP contribution in [0, 0.1) is 6.92 Å².